The van der Waals surface area contributed by atoms with E-state index in [0.717, 1.165) is 12.8 Å². The van der Waals surface area contributed by atoms with E-state index in [4.69, 9.17) is 4.74 Å². The Balaban J connectivity index is 1.76. The van der Waals surface area contributed by atoms with Crippen LogP contribution in [0.2, 0.25) is 0 Å². The number of benzene rings is 1. The van der Waals surface area contributed by atoms with Gasteiger partial charge in [0.05, 0.1) is 7.11 Å². The molecule has 2 aliphatic rings. The third kappa shape index (κ3) is 4.14. The predicted octanol–water partition coefficient (Wildman–Crippen LogP) is 1.46. The van der Waals surface area contributed by atoms with Crippen LogP contribution in [0.5, 0.6) is 0 Å². The van der Waals surface area contributed by atoms with E-state index in [1.807, 2.05) is 23.1 Å². The first-order valence-electron chi connectivity index (χ1n) is 9.13. The van der Waals surface area contributed by atoms with Crippen LogP contribution in [0.4, 0.5) is 4.79 Å². The number of likely N-dealkylation sites (N-methyl/N-ethyl adjacent to an activating group) is 1. The number of carbonyl (C=O) groups is 3. The summed E-state index contributed by atoms with van der Waals surface area (Å²) in [6, 6.07) is 9.04. The third-order valence-electron chi connectivity index (χ3n) is 4.85. The van der Waals surface area contributed by atoms with Crippen molar-refractivity contribution in [2.45, 2.75) is 37.2 Å². The molecule has 150 valence electrons. The second kappa shape index (κ2) is 8.64. The molecule has 3 atom stereocenters. The smallest absolute Gasteiger partial charge is 0.325 e. The number of nitrogens with one attached hydrogen (secondary N) is 1. The van der Waals surface area contributed by atoms with E-state index in [1.54, 1.807) is 14.0 Å². The van der Waals surface area contributed by atoms with Crippen LogP contribution in [-0.4, -0.2) is 71.0 Å². The summed E-state index contributed by atoms with van der Waals surface area (Å²) >= 11 is 1.25. The summed E-state index contributed by atoms with van der Waals surface area (Å²) in [5, 5.41) is 2.49. The molecule has 1 N–H and O–H groups in total. The summed E-state index contributed by atoms with van der Waals surface area (Å²) < 4.78 is 4.80. The third-order valence-corrected chi connectivity index (χ3v) is 5.94. The molecule has 0 aliphatic carbocycles. The van der Waals surface area contributed by atoms with Crippen LogP contribution >= 0.6 is 11.8 Å². The lowest BCUT2D eigenvalue weighted by Crippen LogP contribution is -2.63. The lowest BCUT2D eigenvalue weighted by molar-refractivity contribution is -0.139. The molecule has 2 heterocycles. The lowest BCUT2D eigenvalue weighted by Gasteiger charge is -2.36. The molecule has 0 spiro atoms. The number of carbonyl (C=O) groups excluding carboxylic acids is 3. The van der Waals surface area contributed by atoms with Gasteiger partial charge in [0.15, 0.2) is 17.4 Å². The molecule has 2 aliphatic heterocycles. The van der Waals surface area contributed by atoms with Crippen LogP contribution < -0.4 is 5.32 Å². The van der Waals surface area contributed by atoms with E-state index in [0.29, 0.717) is 11.7 Å². The van der Waals surface area contributed by atoms with Crippen molar-refractivity contribution in [2.75, 3.05) is 20.7 Å². The minimum Gasteiger partial charge on any atom is -0.468 e. The first kappa shape index (κ1) is 20.2. The minimum absolute atomic E-state index is 0.360. The summed E-state index contributed by atoms with van der Waals surface area (Å²) in [5.41, 5.74) is 1.22. The molecule has 1 aromatic carbocycles. The maximum absolute atomic E-state index is 12.5. The lowest BCUT2D eigenvalue weighted by atomic mass is 10.1. The van der Waals surface area contributed by atoms with E-state index in [1.165, 1.54) is 29.3 Å². The minimum atomic E-state index is -0.592. The molecule has 3 rings (SSSR count). The highest BCUT2D eigenvalue weighted by Gasteiger charge is 2.48. The van der Waals surface area contributed by atoms with Crippen molar-refractivity contribution in [3.05, 3.63) is 35.9 Å². The maximum atomic E-state index is 12.5. The van der Waals surface area contributed by atoms with Gasteiger partial charge in [-0.05, 0) is 25.3 Å². The van der Waals surface area contributed by atoms with Crippen LogP contribution in [0.1, 0.15) is 18.9 Å². The summed E-state index contributed by atoms with van der Waals surface area (Å²) in [6.07, 6.45) is 1.07. The van der Waals surface area contributed by atoms with Crippen molar-refractivity contribution < 1.29 is 19.1 Å². The Hall–Kier alpha value is -2.55. The molecular weight excluding hydrogens is 380 g/mol. The van der Waals surface area contributed by atoms with Gasteiger partial charge in [-0.3, -0.25) is 14.9 Å². The molecule has 0 radical (unpaired) electrons. The molecule has 3 unspecified atom stereocenters. The van der Waals surface area contributed by atoms with Crippen molar-refractivity contribution in [1.82, 2.24) is 15.1 Å². The number of hydrogen-bond donors (Lipinski definition) is 1. The Kier molecular flexibility index (Phi) is 6.23. The summed E-state index contributed by atoms with van der Waals surface area (Å²) in [7, 11) is 2.95. The number of amides is 3. The number of methoxy groups -OCH3 is 1. The van der Waals surface area contributed by atoms with Gasteiger partial charge < -0.3 is 14.5 Å². The first-order valence-corrected chi connectivity index (χ1v) is 10.0. The van der Waals surface area contributed by atoms with E-state index >= 15 is 0 Å². The molecule has 0 saturated carbocycles. The Morgan fingerprint density at radius 2 is 2.04 bits per heavy atom. The van der Waals surface area contributed by atoms with Gasteiger partial charge in [-0.25, -0.2) is 9.79 Å². The molecule has 0 bridgehead atoms. The van der Waals surface area contributed by atoms with Gasteiger partial charge in [-0.1, -0.05) is 42.1 Å². The highest BCUT2D eigenvalue weighted by atomic mass is 32.2. The topological polar surface area (TPSA) is 91.3 Å². The number of fused-ring (bicyclic) bond motifs is 1. The van der Waals surface area contributed by atoms with Crippen LogP contribution in [-0.2, 0) is 20.7 Å². The van der Waals surface area contributed by atoms with Gasteiger partial charge in [-0.15, -0.1) is 0 Å². The molecule has 1 saturated heterocycles. The van der Waals surface area contributed by atoms with Gasteiger partial charge in [0, 0.05) is 13.6 Å². The molecule has 28 heavy (non-hydrogen) atoms. The Morgan fingerprint density at radius 3 is 2.71 bits per heavy atom. The molecular formula is C19H24N4O4S. The molecule has 1 fully saturated rings. The largest absolute Gasteiger partial charge is 0.468 e. The van der Waals surface area contributed by atoms with Crippen LogP contribution in [0, 0.1) is 0 Å². The number of rotatable bonds is 6. The second-order valence-corrected chi connectivity index (χ2v) is 8.05. The van der Waals surface area contributed by atoms with E-state index in [2.05, 4.69) is 22.4 Å². The van der Waals surface area contributed by atoms with Gasteiger partial charge in [-0.2, -0.15) is 0 Å². The molecule has 0 aromatic heterocycles. The number of ether oxygens (including phenoxy) is 1. The summed E-state index contributed by atoms with van der Waals surface area (Å²) in [5.74, 6) is -0.724. The number of urea groups is 1. The van der Waals surface area contributed by atoms with Gasteiger partial charge in [0.25, 0.3) is 5.91 Å². The van der Waals surface area contributed by atoms with Crippen molar-refractivity contribution in [3.63, 3.8) is 0 Å². The fourth-order valence-corrected chi connectivity index (χ4v) is 4.32. The number of esters is 1. The Morgan fingerprint density at radius 1 is 1.32 bits per heavy atom. The van der Waals surface area contributed by atoms with Crippen LogP contribution in [0.3, 0.4) is 0 Å². The van der Waals surface area contributed by atoms with E-state index < -0.39 is 23.5 Å². The number of aliphatic imine (C=N–C) groups is 1. The summed E-state index contributed by atoms with van der Waals surface area (Å²) in [4.78, 5) is 44.2. The zero-order valence-corrected chi connectivity index (χ0v) is 16.9. The molecule has 1 aromatic rings. The monoisotopic (exact) mass is 404 g/mol. The number of imide groups is 1. The van der Waals surface area contributed by atoms with E-state index in [-0.39, 0.29) is 11.9 Å². The quantitative estimate of drug-likeness (QED) is 0.722. The van der Waals surface area contributed by atoms with Gasteiger partial charge in [0.1, 0.15) is 5.25 Å². The van der Waals surface area contributed by atoms with Crippen molar-refractivity contribution in [2.24, 2.45) is 4.99 Å². The maximum Gasteiger partial charge on any atom is 0.325 e. The van der Waals surface area contributed by atoms with Crippen molar-refractivity contribution in [3.8, 4) is 0 Å². The Labute approximate surface area is 168 Å². The molecule has 8 nitrogen and oxygen atoms in total. The molecule has 3 amide bonds. The fourth-order valence-electron chi connectivity index (χ4n) is 3.30. The number of amidine groups is 1. The van der Waals surface area contributed by atoms with Crippen molar-refractivity contribution in [1.29, 1.82) is 0 Å². The standard InChI is InChI=1S/C19H24N4O4S/c1-12(17(25)27-3)28-19-20-15-14(16(24)21-18(26)22(15)2)23(19)11-7-10-13-8-5-4-6-9-13/h4-6,8-9,12,14-15H,7,10-11H2,1-3H3,(H,21,24,26). The highest BCUT2D eigenvalue weighted by Crippen LogP contribution is 2.30. The zero-order chi connectivity index (χ0) is 20.3. The fraction of sp³-hybridized carbons (Fsp3) is 0.474. The number of thioether (sulfide) groups is 1. The number of nitrogens with zero attached hydrogens (tertiary/aromatic N) is 3. The molecule has 9 heteroatoms. The SMILES string of the molecule is COC(=O)C(C)SC1=NC2C(C(=O)NC(=O)N2C)N1CCCc1ccccc1. The van der Waals surface area contributed by atoms with E-state index in [9.17, 15) is 14.4 Å². The average molecular weight is 404 g/mol. The van der Waals surface area contributed by atoms with Gasteiger partial charge >= 0.3 is 12.0 Å². The highest BCUT2D eigenvalue weighted by molar-refractivity contribution is 8.14. The summed E-state index contributed by atoms with van der Waals surface area (Å²) in [6.45, 7) is 2.32. The normalized spacial score (nSPS) is 22.5. The second-order valence-electron chi connectivity index (χ2n) is 6.74. The first-order chi connectivity index (χ1) is 13.4. The van der Waals surface area contributed by atoms with Crippen LogP contribution in [0.25, 0.3) is 0 Å². The zero-order valence-electron chi connectivity index (χ0n) is 16.1. The average Bonchev–Trinajstić information content (AvgIpc) is 3.05. The Bertz CT molecular complexity index is 785. The predicted molar refractivity (Wildman–Crippen MR) is 107 cm³/mol. The van der Waals surface area contributed by atoms with Gasteiger partial charge in [0.2, 0.25) is 0 Å². The number of hydrogen-bond acceptors (Lipinski definition) is 7. The van der Waals surface area contributed by atoms with Crippen LogP contribution in [0.15, 0.2) is 35.3 Å². The van der Waals surface area contributed by atoms with Crippen molar-refractivity contribution >= 4 is 34.8 Å². The number of aryl methyl sites for hydroxylation is 1.